The molecule has 0 spiro atoms. The lowest BCUT2D eigenvalue weighted by Crippen LogP contribution is -2.14. The van der Waals surface area contributed by atoms with Gasteiger partial charge in [-0.15, -0.1) is 0 Å². The molecule has 0 radical (unpaired) electrons. The number of rotatable bonds is 3. The van der Waals surface area contributed by atoms with Gasteiger partial charge in [-0.05, 0) is 19.1 Å². The molecule has 1 amide bonds. The summed E-state index contributed by atoms with van der Waals surface area (Å²) in [4.78, 5) is 26.1. The molecule has 0 unspecified atom stereocenters. The third-order valence-corrected chi connectivity index (χ3v) is 2.23. The van der Waals surface area contributed by atoms with Gasteiger partial charge in [0.2, 0.25) is 5.91 Å². The highest BCUT2D eigenvalue weighted by Crippen LogP contribution is 2.21. The van der Waals surface area contributed by atoms with E-state index in [1.807, 2.05) is 0 Å². The van der Waals surface area contributed by atoms with Crippen molar-refractivity contribution >= 4 is 28.4 Å². The molecule has 6 nitrogen and oxygen atoms in total. The lowest BCUT2D eigenvalue weighted by molar-refractivity contribution is -0.124. The second-order valence-electron chi connectivity index (χ2n) is 3.67. The fourth-order valence-corrected chi connectivity index (χ4v) is 1.54. The topological polar surface area (TPSA) is 87.0 Å². The molecule has 0 atom stereocenters. The SMILES string of the molecule is CC(=O)CC(=O)Nc1cccc2c1ncn2[O-]. The molecule has 0 fully saturated rings. The average molecular weight is 232 g/mol. The van der Waals surface area contributed by atoms with E-state index in [-0.39, 0.29) is 12.2 Å². The van der Waals surface area contributed by atoms with E-state index in [2.05, 4.69) is 10.3 Å². The lowest BCUT2D eigenvalue weighted by Gasteiger charge is -2.08. The van der Waals surface area contributed by atoms with E-state index in [9.17, 15) is 14.8 Å². The third-order valence-electron chi connectivity index (χ3n) is 2.23. The Kier molecular flexibility index (Phi) is 2.78. The predicted molar refractivity (Wildman–Crippen MR) is 62.4 cm³/mol. The summed E-state index contributed by atoms with van der Waals surface area (Å²) in [5, 5.41) is 13.8. The van der Waals surface area contributed by atoms with E-state index in [0.29, 0.717) is 21.5 Å². The Balaban J connectivity index is 2.30. The van der Waals surface area contributed by atoms with Crippen molar-refractivity contribution in [2.24, 2.45) is 0 Å². The summed E-state index contributed by atoms with van der Waals surface area (Å²) in [7, 11) is 0. The number of para-hydroxylation sites is 1. The van der Waals surface area contributed by atoms with Gasteiger partial charge in [0.25, 0.3) is 0 Å². The van der Waals surface area contributed by atoms with Crippen LogP contribution in [0, 0.1) is 5.21 Å². The standard InChI is InChI=1S/C11H10N3O3/c1-7(15)5-10(16)13-8-3-2-4-9-11(8)12-6-14(9)17/h2-4,6H,5H2,1H3,(H,13,16)/q-1. The Bertz CT molecular complexity index is 589. The first kappa shape index (κ1) is 11.1. The first-order valence-corrected chi connectivity index (χ1v) is 5.01. The molecule has 88 valence electrons. The van der Waals surface area contributed by atoms with Crippen molar-refractivity contribution in [3.63, 3.8) is 0 Å². The van der Waals surface area contributed by atoms with Crippen LogP contribution in [-0.2, 0) is 9.59 Å². The molecule has 0 bridgehead atoms. The van der Waals surface area contributed by atoms with Crippen LogP contribution in [0.25, 0.3) is 11.0 Å². The molecule has 17 heavy (non-hydrogen) atoms. The largest absolute Gasteiger partial charge is 0.805 e. The van der Waals surface area contributed by atoms with Crippen LogP contribution in [0.3, 0.4) is 0 Å². The summed E-state index contributed by atoms with van der Waals surface area (Å²) in [6.45, 7) is 1.34. The van der Waals surface area contributed by atoms with E-state index >= 15 is 0 Å². The van der Waals surface area contributed by atoms with Gasteiger partial charge < -0.3 is 15.3 Å². The quantitative estimate of drug-likeness (QED) is 0.808. The van der Waals surface area contributed by atoms with Crippen LogP contribution >= 0.6 is 0 Å². The van der Waals surface area contributed by atoms with Gasteiger partial charge >= 0.3 is 0 Å². The minimum Gasteiger partial charge on any atom is -0.805 e. The number of hydrogen-bond acceptors (Lipinski definition) is 4. The molecule has 0 aliphatic carbocycles. The number of carbonyl (C=O) groups excluding carboxylic acids is 2. The van der Waals surface area contributed by atoms with E-state index < -0.39 is 5.91 Å². The minimum atomic E-state index is -0.412. The molecule has 1 N–H and O–H groups in total. The Hall–Kier alpha value is -2.37. The molecule has 0 aliphatic rings. The van der Waals surface area contributed by atoms with Gasteiger partial charge in [0.1, 0.15) is 11.3 Å². The summed E-state index contributed by atoms with van der Waals surface area (Å²) in [6, 6.07) is 4.88. The zero-order valence-electron chi connectivity index (χ0n) is 9.14. The van der Waals surface area contributed by atoms with Crippen molar-refractivity contribution in [2.75, 3.05) is 5.32 Å². The molecule has 1 aromatic heterocycles. The Labute approximate surface area is 96.8 Å². The molecule has 0 saturated carbocycles. The summed E-state index contributed by atoms with van der Waals surface area (Å²) in [5.41, 5.74) is 1.23. The van der Waals surface area contributed by atoms with Gasteiger partial charge in [-0.25, -0.2) is 4.98 Å². The summed E-state index contributed by atoms with van der Waals surface area (Å²) < 4.78 is 0.621. The van der Waals surface area contributed by atoms with Gasteiger partial charge in [0.15, 0.2) is 0 Å². The van der Waals surface area contributed by atoms with Gasteiger partial charge in [-0.3, -0.25) is 9.59 Å². The van der Waals surface area contributed by atoms with Gasteiger partial charge in [-0.2, -0.15) is 0 Å². The van der Waals surface area contributed by atoms with Crippen molar-refractivity contribution in [1.29, 1.82) is 0 Å². The highest BCUT2D eigenvalue weighted by Gasteiger charge is 2.09. The van der Waals surface area contributed by atoms with Crippen LogP contribution in [0.15, 0.2) is 24.5 Å². The van der Waals surface area contributed by atoms with Gasteiger partial charge in [0, 0.05) is 0 Å². The smallest absolute Gasteiger partial charge is 0.231 e. The molecular formula is C11H10N3O3-. The number of hydrogen-bond donors (Lipinski definition) is 1. The monoisotopic (exact) mass is 232 g/mol. The zero-order valence-corrected chi connectivity index (χ0v) is 9.14. The molecular weight excluding hydrogens is 222 g/mol. The second kappa shape index (κ2) is 4.25. The fourth-order valence-electron chi connectivity index (χ4n) is 1.54. The van der Waals surface area contributed by atoms with Crippen LogP contribution in [0.2, 0.25) is 0 Å². The highest BCUT2D eigenvalue weighted by atomic mass is 16.5. The van der Waals surface area contributed by atoms with Crippen molar-refractivity contribution in [3.05, 3.63) is 29.7 Å². The summed E-state index contributed by atoms with van der Waals surface area (Å²) in [5.74, 6) is -0.630. The number of imidazole rings is 1. The fraction of sp³-hybridized carbons (Fsp3) is 0.182. The molecule has 0 aliphatic heterocycles. The second-order valence-corrected chi connectivity index (χ2v) is 3.67. The maximum atomic E-state index is 11.4. The molecule has 1 heterocycles. The molecule has 2 aromatic rings. The Morgan fingerprint density at radius 3 is 2.94 bits per heavy atom. The predicted octanol–water partition coefficient (Wildman–Crippen LogP) is 1.30. The molecule has 1 aromatic carbocycles. The van der Waals surface area contributed by atoms with Gasteiger partial charge in [0.05, 0.1) is 24.0 Å². The van der Waals surface area contributed by atoms with E-state index in [0.717, 1.165) is 6.33 Å². The van der Waals surface area contributed by atoms with Crippen LogP contribution in [0.1, 0.15) is 13.3 Å². The maximum absolute atomic E-state index is 11.4. The Morgan fingerprint density at radius 2 is 2.24 bits per heavy atom. The normalized spacial score (nSPS) is 10.4. The number of nitrogens with one attached hydrogen (secondary N) is 1. The zero-order chi connectivity index (χ0) is 12.4. The Morgan fingerprint density at radius 1 is 1.47 bits per heavy atom. The average Bonchev–Trinajstić information content (AvgIpc) is 2.61. The first-order chi connectivity index (χ1) is 8.08. The van der Waals surface area contributed by atoms with Crippen LogP contribution < -0.4 is 5.32 Å². The van der Waals surface area contributed by atoms with Gasteiger partial charge in [-0.1, -0.05) is 6.07 Å². The van der Waals surface area contributed by atoms with Crippen molar-refractivity contribution in [3.8, 4) is 0 Å². The molecule has 0 saturated heterocycles. The van der Waals surface area contributed by atoms with E-state index in [1.165, 1.54) is 6.92 Å². The van der Waals surface area contributed by atoms with Crippen molar-refractivity contribution in [1.82, 2.24) is 9.71 Å². The van der Waals surface area contributed by atoms with Crippen LogP contribution in [0.5, 0.6) is 0 Å². The number of carbonyl (C=O) groups is 2. The summed E-state index contributed by atoms with van der Waals surface area (Å²) >= 11 is 0. The number of ketones is 1. The maximum Gasteiger partial charge on any atom is 0.231 e. The number of Topliss-reactive ketones (excluding diaryl/α,β-unsaturated/α-hetero) is 1. The van der Waals surface area contributed by atoms with Crippen molar-refractivity contribution < 1.29 is 9.59 Å². The van der Waals surface area contributed by atoms with E-state index in [4.69, 9.17) is 0 Å². The number of aromatic nitrogens is 2. The minimum absolute atomic E-state index is 0.186. The number of amides is 1. The van der Waals surface area contributed by atoms with Crippen molar-refractivity contribution in [2.45, 2.75) is 13.3 Å². The number of anilines is 1. The lowest BCUT2D eigenvalue weighted by atomic mass is 10.2. The number of fused-ring (bicyclic) bond motifs is 1. The van der Waals surface area contributed by atoms with E-state index in [1.54, 1.807) is 18.2 Å². The summed E-state index contributed by atoms with van der Waals surface area (Å²) in [6.07, 6.45) is 0.944. The van der Waals surface area contributed by atoms with Crippen LogP contribution in [-0.4, -0.2) is 21.4 Å². The molecule has 2 rings (SSSR count). The first-order valence-electron chi connectivity index (χ1n) is 5.01. The van der Waals surface area contributed by atoms with Crippen LogP contribution in [0.4, 0.5) is 5.69 Å². The highest BCUT2D eigenvalue weighted by molar-refractivity contribution is 6.06. The number of nitrogens with zero attached hydrogens (tertiary/aromatic N) is 2. The number of benzene rings is 1. The molecule has 6 heteroatoms. The third kappa shape index (κ3) is 2.25.